The van der Waals surface area contributed by atoms with E-state index in [1.807, 2.05) is 41.5 Å². The molecular formula is C16H30O4. The molecule has 2 atom stereocenters. The lowest BCUT2D eigenvalue weighted by Crippen LogP contribution is -2.39. The van der Waals surface area contributed by atoms with E-state index in [0.717, 1.165) is 12.8 Å². The molecule has 0 saturated heterocycles. The Morgan fingerprint density at radius 1 is 0.950 bits per heavy atom. The summed E-state index contributed by atoms with van der Waals surface area (Å²) in [7, 11) is 0. The first kappa shape index (κ1) is 18.9. The van der Waals surface area contributed by atoms with E-state index in [1.54, 1.807) is 13.8 Å². The Balaban J connectivity index is 4.60. The van der Waals surface area contributed by atoms with Crippen LogP contribution in [-0.4, -0.2) is 17.7 Å². The molecule has 0 aromatic heterocycles. The van der Waals surface area contributed by atoms with Crippen molar-refractivity contribution in [2.45, 2.75) is 74.0 Å². The molecule has 0 heterocycles. The third-order valence-electron chi connectivity index (χ3n) is 3.47. The Kier molecular flexibility index (Phi) is 6.72. The van der Waals surface area contributed by atoms with Crippen molar-refractivity contribution >= 4 is 11.9 Å². The predicted molar refractivity (Wildman–Crippen MR) is 79.0 cm³/mol. The van der Waals surface area contributed by atoms with E-state index >= 15 is 0 Å². The fourth-order valence-electron chi connectivity index (χ4n) is 1.60. The van der Waals surface area contributed by atoms with E-state index < -0.39 is 5.79 Å². The monoisotopic (exact) mass is 286 g/mol. The molecule has 0 bridgehead atoms. The second-order valence-corrected chi connectivity index (χ2v) is 7.02. The lowest BCUT2D eigenvalue weighted by Gasteiger charge is -2.31. The molecule has 0 N–H and O–H groups in total. The van der Waals surface area contributed by atoms with Gasteiger partial charge in [0.15, 0.2) is 0 Å². The van der Waals surface area contributed by atoms with Crippen molar-refractivity contribution in [1.29, 1.82) is 0 Å². The number of ether oxygens (including phenoxy) is 2. The van der Waals surface area contributed by atoms with Crippen LogP contribution in [0.2, 0.25) is 0 Å². The molecule has 118 valence electrons. The van der Waals surface area contributed by atoms with Gasteiger partial charge in [0, 0.05) is 13.8 Å². The largest absolute Gasteiger partial charge is 0.423 e. The molecule has 4 nitrogen and oxygen atoms in total. The van der Waals surface area contributed by atoms with E-state index in [2.05, 4.69) is 0 Å². The van der Waals surface area contributed by atoms with E-state index in [1.165, 1.54) is 0 Å². The normalized spacial score (nSPS) is 15.4. The molecule has 0 aromatic carbocycles. The van der Waals surface area contributed by atoms with Crippen LogP contribution >= 0.6 is 0 Å². The summed E-state index contributed by atoms with van der Waals surface area (Å²) in [4.78, 5) is 24.0. The highest BCUT2D eigenvalue weighted by Crippen LogP contribution is 2.28. The van der Waals surface area contributed by atoms with Crippen molar-refractivity contribution in [1.82, 2.24) is 0 Å². The SMILES string of the molecule is CCCC(C)C(=O)OC(C)(C)OC(=O)C(C)C(C)(C)C. The molecule has 0 rings (SSSR count). The van der Waals surface area contributed by atoms with Gasteiger partial charge in [0.25, 0.3) is 5.79 Å². The molecule has 0 aliphatic rings. The maximum absolute atomic E-state index is 12.1. The van der Waals surface area contributed by atoms with Crippen LogP contribution < -0.4 is 0 Å². The molecule has 0 aliphatic carbocycles. The molecule has 0 aliphatic heterocycles. The zero-order valence-corrected chi connectivity index (χ0v) is 14.2. The summed E-state index contributed by atoms with van der Waals surface area (Å²) in [6.07, 6.45) is 1.68. The second-order valence-electron chi connectivity index (χ2n) is 7.02. The molecule has 20 heavy (non-hydrogen) atoms. The minimum Gasteiger partial charge on any atom is -0.423 e. The molecular weight excluding hydrogens is 256 g/mol. The van der Waals surface area contributed by atoms with E-state index in [-0.39, 0.29) is 29.2 Å². The first-order valence-corrected chi connectivity index (χ1v) is 7.36. The summed E-state index contributed by atoms with van der Waals surface area (Å²) in [5.74, 6) is -2.35. The zero-order chi connectivity index (χ0) is 16.1. The maximum Gasteiger partial charge on any atom is 0.312 e. The van der Waals surface area contributed by atoms with Gasteiger partial charge in [-0.15, -0.1) is 0 Å². The second kappa shape index (κ2) is 7.09. The summed E-state index contributed by atoms with van der Waals surface area (Å²) in [5, 5.41) is 0. The minimum atomic E-state index is -1.23. The maximum atomic E-state index is 12.1. The molecule has 0 saturated carbocycles. The van der Waals surface area contributed by atoms with Crippen LogP contribution in [0.5, 0.6) is 0 Å². The highest BCUT2D eigenvalue weighted by Gasteiger charge is 2.35. The fourth-order valence-corrected chi connectivity index (χ4v) is 1.60. The molecule has 0 radical (unpaired) electrons. The lowest BCUT2D eigenvalue weighted by atomic mass is 9.82. The number of hydrogen-bond donors (Lipinski definition) is 0. The van der Waals surface area contributed by atoms with Crippen LogP contribution in [0.3, 0.4) is 0 Å². The molecule has 0 spiro atoms. The van der Waals surface area contributed by atoms with Crippen LogP contribution in [0.1, 0.15) is 68.2 Å². The highest BCUT2D eigenvalue weighted by atomic mass is 16.7. The molecule has 0 fully saturated rings. The Morgan fingerprint density at radius 2 is 1.40 bits per heavy atom. The van der Waals surface area contributed by atoms with Gasteiger partial charge in [0.05, 0.1) is 11.8 Å². The van der Waals surface area contributed by atoms with Crippen molar-refractivity contribution < 1.29 is 19.1 Å². The zero-order valence-electron chi connectivity index (χ0n) is 14.2. The average molecular weight is 286 g/mol. The van der Waals surface area contributed by atoms with E-state index in [9.17, 15) is 9.59 Å². The summed E-state index contributed by atoms with van der Waals surface area (Å²) >= 11 is 0. The molecule has 0 amide bonds. The van der Waals surface area contributed by atoms with Crippen molar-refractivity contribution in [3.8, 4) is 0 Å². The van der Waals surface area contributed by atoms with Gasteiger partial charge < -0.3 is 9.47 Å². The van der Waals surface area contributed by atoms with E-state index in [4.69, 9.17) is 9.47 Å². The van der Waals surface area contributed by atoms with Gasteiger partial charge >= 0.3 is 11.9 Å². The van der Waals surface area contributed by atoms with Crippen molar-refractivity contribution in [3.05, 3.63) is 0 Å². The summed E-state index contributed by atoms with van der Waals surface area (Å²) in [5.41, 5.74) is -0.188. The number of carbonyl (C=O) groups is 2. The topological polar surface area (TPSA) is 52.6 Å². The molecule has 2 unspecified atom stereocenters. The van der Waals surface area contributed by atoms with Gasteiger partial charge in [0.2, 0.25) is 0 Å². The fraction of sp³-hybridized carbons (Fsp3) is 0.875. The Morgan fingerprint density at radius 3 is 1.80 bits per heavy atom. The van der Waals surface area contributed by atoms with Gasteiger partial charge in [-0.2, -0.15) is 0 Å². The standard InChI is InChI=1S/C16H30O4/c1-9-10-11(2)13(17)19-16(7,8)20-14(18)12(3)15(4,5)6/h11-12H,9-10H2,1-8H3. The minimum absolute atomic E-state index is 0.182. The third-order valence-corrected chi connectivity index (χ3v) is 3.47. The quantitative estimate of drug-likeness (QED) is 0.548. The Bertz CT molecular complexity index is 339. The molecule has 0 aromatic rings. The first-order chi connectivity index (χ1) is 8.90. The Hall–Kier alpha value is -1.06. The number of esters is 2. The smallest absolute Gasteiger partial charge is 0.312 e. The number of carbonyl (C=O) groups excluding carboxylic acids is 2. The van der Waals surface area contributed by atoms with Crippen LogP contribution in [0.15, 0.2) is 0 Å². The number of hydrogen-bond acceptors (Lipinski definition) is 4. The number of rotatable bonds is 6. The summed E-state index contributed by atoms with van der Waals surface area (Å²) < 4.78 is 10.6. The van der Waals surface area contributed by atoms with Crippen LogP contribution in [0.25, 0.3) is 0 Å². The first-order valence-electron chi connectivity index (χ1n) is 7.36. The summed E-state index contributed by atoms with van der Waals surface area (Å²) in [6, 6.07) is 0. The van der Waals surface area contributed by atoms with Gasteiger partial charge in [-0.3, -0.25) is 9.59 Å². The van der Waals surface area contributed by atoms with Crippen molar-refractivity contribution in [2.24, 2.45) is 17.3 Å². The van der Waals surface area contributed by atoms with Crippen LogP contribution in [0, 0.1) is 17.3 Å². The highest BCUT2D eigenvalue weighted by molar-refractivity contribution is 5.75. The lowest BCUT2D eigenvalue weighted by molar-refractivity contribution is -0.223. The van der Waals surface area contributed by atoms with Crippen LogP contribution in [0.4, 0.5) is 0 Å². The van der Waals surface area contributed by atoms with E-state index in [0.29, 0.717) is 0 Å². The van der Waals surface area contributed by atoms with Gasteiger partial charge in [-0.05, 0) is 11.8 Å². The Labute approximate surface area is 123 Å². The third kappa shape index (κ3) is 6.40. The van der Waals surface area contributed by atoms with Crippen molar-refractivity contribution in [3.63, 3.8) is 0 Å². The molecule has 4 heteroatoms. The van der Waals surface area contributed by atoms with Gasteiger partial charge in [-0.1, -0.05) is 48.0 Å². The van der Waals surface area contributed by atoms with Crippen molar-refractivity contribution in [2.75, 3.05) is 0 Å². The summed E-state index contributed by atoms with van der Waals surface area (Å²) in [6.45, 7) is 14.8. The van der Waals surface area contributed by atoms with Gasteiger partial charge in [0.1, 0.15) is 0 Å². The average Bonchev–Trinajstić information content (AvgIpc) is 2.25. The van der Waals surface area contributed by atoms with Crippen LogP contribution in [-0.2, 0) is 19.1 Å². The van der Waals surface area contributed by atoms with Gasteiger partial charge in [-0.25, -0.2) is 0 Å². The predicted octanol–water partition coefficient (Wildman–Crippen LogP) is 3.93.